The largest absolute Gasteiger partial charge is 0.452 e. The monoisotopic (exact) mass is 722 g/mol. The second-order valence-corrected chi connectivity index (χ2v) is 15.2. The number of methoxy groups -OCH3 is 1. The molecule has 0 unspecified atom stereocenters. The molecule has 1 amide bonds. The minimum absolute atomic E-state index is 0.108. The fourth-order valence-electron chi connectivity index (χ4n) is 6.83. The van der Waals surface area contributed by atoms with E-state index in [1.807, 2.05) is 19.1 Å². The molecule has 0 aromatic rings. The van der Waals surface area contributed by atoms with Crippen LogP contribution in [0, 0.1) is 17.8 Å². The first-order valence-corrected chi connectivity index (χ1v) is 20.4. The first-order chi connectivity index (χ1) is 24.5. The zero-order chi connectivity index (χ0) is 37.9. The van der Waals surface area contributed by atoms with Crippen LogP contribution in [-0.2, 0) is 23.9 Å². The molecule has 1 heterocycles. The highest BCUT2D eigenvalue weighted by atomic mass is 16.5. The number of cyclic esters (lactones) is 1. The summed E-state index contributed by atoms with van der Waals surface area (Å²) in [4.78, 5) is 39.0. The number of Topliss-reactive ketones (excluding diaryl/α,β-unsaturated/α-hetero) is 1. The standard InChI is InChI=1S/C42H75NO8/c1-6-8-9-10-11-12-13-14-25-40-41(48)43-30-37(45)29-39(47)38(46)27-26-35(31-50-5)22-17-20-34(7-2)21-18-24-36(44)23-16-15-19-32(3)28-33(4)42(49)51-40/h17,20,22,32-34,37-40,45-47H,6-16,18-19,21,23-31H2,1-5H3,(H,43,48)/b20-17+,35-22-/t32-,33+,34+,37+,38-,39+,40+/m1/s1. The number of β-amino-alcohol motifs (C(OH)–C–C–N with tert-alkyl or cyclic N) is 1. The number of carbonyl (C=O) groups is 3. The zero-order valence-corrected chi connectivity index (χ0v) is 32.9. The number of unbranched alkanes of at least 4 members (excludes halogenated alkanes) is 7. The first kappa shape index (κ1) is 47.0. The van der Waals surface area contributed by atoms with Gasteiger partial charge in [0.25, 0.3) is 5.91 Å². The summed E-state index contributed by atoms with van der Waals surface area (Å²) in [6, 6.07) is 0. The molecule has 9 nitrogen and oxygen atoms in total. The Bertz CT molecular complexity index is 997. The van der Waals surface area contributed by atoms with Gasteiger partial charge in [-0.25, -0.2) is 0 Å². The number of ketones is 1. The van der Waals surface area contributed by atoms with Crippen molar-refractivity contribution >= 4 is 17.7 Å². The van der Waals surface area contributed by atoms with Crippen molar-refractivity contribution in [1.82, 2.24) is 5.32 Å². The molecule has 0 saturated heterocycles. The lowest BCUT2D eigenvalue weighted by molar-refractivity contribution is -0.160. The Balaban J connectivity index is 2.97. The summed E-state index contributed by atoms with van der Waals surface area (Å²) in [7, 11) is 1.62. The molecule has 1 aliphatic heterocycles. The maximum atomic E-state index is 13.3. The van der Waals surface area contributed by atoms with Gasteiger partial charge in [0, 0.05) is 32.9 Å². The van der Waals surface area contributed by atoms with E-state index >= 15 is 0 Å². The predicted molar refractivity (Wildman–Crippen MR) is 205 cm³/mol. The van der Waals surface area contributed by atoms with Crippen LogP contribution in [0.4, 0.5) is 0 Å². The van der Waals surface area contributed by atoms with E-state index < -0.39 is 36.3 Å². The van der Waals surface area contributed by atoms with E-state index in [0.717, 1.165) is 69.8 Å². The maximum Gasteiger partial charge on any atom is 0.309 e. The molecular formula is C42H75NO8. The summed E-state index contributed by atoms with van der Waals surface area (Å²) >= 11 is 0. The molecule has 0 aromatic carbocycles. The van der Waals surface area contributed by atoms with Gasteiger partial charge in [0.1, 0.15) is 5.78 Å². The molecule has 1 aliphatic rings. The number of carbonyl (C=O) groups excluding carboxylic acids is 3. The third-order valence-electron chi connectivity index (χ3n) is 10.3. The highest BCUT2D eigenvalue weighted by Gasteiger charge is 2.27. The van der Waals surface area contributed by atoms with E-state index in [-0.39, 0.29) is 31.2 Å². The van der Waals surface area contributed by atoms with Crippen molar-refractivity contribution in [3.8, 4) is 0 Å². The van der Waals surface area contributed by atoms with Crippen molar-refractivity contribution in [2.45, 2.75) is 187 Å². The second-order valence-electron chi connectivity index (χ2n) is 15.2. The van der Waals surface area contributed by atoms with Gasteiger partial charge in [-0.05, 0) is 75.2 Å². The lowest BCUT2D eigenvalue weighted by atomic mass is 9.92. The highest BCUT2D eigenvalue weighted by molar-refractivity contribution is 5.84. The molecule has 0 aliphatic carbocycles. The molecule has 9 heteroatoms. The van der Waals surface area contributed by atoms with E-state index in [9.17, 15) is 29.7 Å². The Kier molecular flexibility index (Phi) is 27.1. The lowest BCUT2D eigenvalue weighted by Crippen LogP contribution is -2.43. The van der Waals surface area contributed by atoms with Crippen LogP contribution in [0.2, 0.25) is 0 Å². The van der Waals surface area contributed by atoms with Gasteiger partial charge in [0.2, 0.25) is 0 Å². The summed E-state index contributed by atoms with van der Waals surface area (Å²) in [6.45, 7) is 8.58. The van der Waals surface area contributed by atoms with E-state index in [1.165, 1.54) is 25.7 Å². The number of hydrogen-bond acceptors (Lipinski definition) is 8. The number of allylic oxidation sites excluding steroid dienone is 3. The van der Waals surface area contributed by atoms with Gasteiger partial charge in [0.15, 0.2) is 6.10 Å². The number of aliphatic hydroxyl groups is 3. The van der Waals surface area contributed by atoms with Gasteiger partial charge in [0.05, 0.1) is 30.8 Å². The van der Waals surface area contributed by atoms with Crippen LogP contribution >= 0.6 is 0 Å². The average Bonchev–Trinajstić information content (AvgIpc) is 3.10. The van der Waals surface area contributed by atoms with E-state index in [1.54, 1.807) is 7.11 Å². The molecule has 4 N–H and O–H groups in total. The highest BCUT2D eigenvalue weighted by Crippen LogP contribution is 2.22. The predicted octanol–water partition coefficient (Wildman–Crippen LogP) is 7.93. The van der Waals surface area contributed by atoms with Crippen molar-refractivity contribution in [1.29, 1.82) is 0 Å². The van der Waals surface area contributed by atoms with Gasteiger partial charge < -0.3 is 30.1 Å². The SMILES string of the molecule is CCCCCCCCCC[C@@H]1OC(=O)[C@@H](C)C[C@H](C)CCCCC(=O)CCC[C@@H](CC)/C=C/C=C(\COC)CC[C@@H](O)[C@@H](O)C[C@H](O)CNC1=O. The van der Waals surface area contributed by atoms with Crippen molar-refractivity contribution < 1.29 is 39.2 Å². The van der Waals surface area contributed by atoms with Crippen LogP contribution in [0.5, 0.6) is 0 Å². The summed E-state index contributed by atoms with van der Waals surface area (Å²) in [6.07, 6.45) is 19.2. The van der Waals surface area contributed by atoms with Gasteiger partial charge in [-0.2, -0.15) is 0 Å². The molecule has 0 spiro atoms. The number of rotatable bonds is 12. The number of hydrogen-bond donors (Lipinski definition) is 4. The Morgan fingerprint density at radius 1 is 0.824 bits per heavy atom. The Morgan fingerprint density at radius 2 is 1.51 bits per heavy atom. The third-order valence-corrected chi connectivity index (χ3v) is 10.3. The minimum atomic E-state index is -1.18. The number of ether oxygens (including phenoxy) is 2. The van der Waals surface area contributed by atoms with Crippen LogP contribution in [0.25, 0.3) is 0 Å². The molecule has 0 bridgehead atoms. The molecule has 0 radical (unpaired) electrons. The van der Waals surface area contributed by atoms with Gasteiger partial charge >= 0.3 is 5.97 Å². The number of nitrogens with one attached hydrogen (secondary N) is 1. The van der Waals surface area contributed by atoms with E-state index in [0.29, 0.717) is 50.4 Å². The lowest BCUT2D eigenvalue weighted by Gasteiger charge is -2.23. The quantitative estimate of drug-likeness (QED) is 0.118. The summed E-state index contributed by atoms with van der Waals surface area (Å²) in [5.74, 6) is -0.263. The van der Waals surface area contributed by atoms with Crippen molar-refractivity contribution in [2.24, 2.45) is 17.8 Å². The zero-order valence-electron chi connectivity index (χ0n) is 32.9. The fourth-order valence-corrected chi connectivity index (χ4v) is 6.83. The number of aliphatic hydroxyl groups excluding tert-OH is 3. The Hall–Kier alpha value is -2.07. The first-order valence-electron chi connectivity index (χ1n) is 20.4. The van der Waals surface area contributed by atoms with Crippen molar-refractivity contribution in [3.63, 3.8) is 0 Å². The summed E-state index contributed by atoms with van der Waals surface area (Å²) in [5, 5.41) is 34.7. The van der Waals surface area contributed by atoms with E-state index in [2.05, 4.69) is 32.2 Å². The Morgan fingerprint density at radius 3 is 2.20 bits per heavy atom. The molecule has 51 heavy (non-hydrogen) atoms. The maximum absolute atomic E-state index is 13.3. The average molecular weight is 722 g/mol. The number of esters is 1. The van der Waals surface area contributed by atoms with Gasteiger partial charge in [-0.15, -0.1) is 0 Å². The van der Waals surface area contributed by atoms with Crippen LogP contribution in [0.15, 0.2) is 23.8 Å². The smallest absolute Gasteiger partial charge is 0.309 e. The molecule has 1 rings (SSSR count). The topological polar surface area (TPSA) is 142 Å². The van der Waals surface area contributed by atoms with Crippen LogP contribution in [0.3, 0.4) is 0 Å². The van der Waals surface area contributed by atoms with E-state index in [4.69, 9.17) is 9.47 Å². The fraction of sp³-hybridized carbons (Fsp3) is 0.833. The van der Waals surface area contributed by atoms with Gasteiger partial charge in [-0.1, -0.05) is 104 Å². The molecule has 0 saturated carbocycles. The van der Waals surface area contributed by atoms with Gasteiger partial charge in [-0.3, -0.25) is 14.4 Å². The Labute approximate surface area is 310 Å². The molecule has 7 atom stereocenters. The molecule has 0 aromatic heterocycles. The summed E-state index contributed by atoms with van der Waals surface area (Å²) < 4.78 is 11.2. The molecule has 0 fully saturated rings. The minimum Gasteiger partial charge on any atom is -0.452 e. The molecular weight excluding hydrogens is 646 g/mol. The van der Waals surface area contributed by atoms with Crippen LogP contribution < -0.4 is 5.32 Å². The van der Waals surface area contributed by atoms with Crippen molar-refractivity contribution in [2.75, 3.05) is 20.3 Å². The van der Waals surface area contributed by atoms with Crippen LogP contribution in [0.1, 0.15) is 163 Å². The summed E-state index contributed by atoms with van der Waals surface area (Å²) in [5.41, 5.74) is 0.978. The number of amides is 1. The van der Waals surface area contributed by atoms with Crippen LogP contribution in [-0.4, -0.2) is 77.7 Å². The third kappa shape index (κ3) is 23.3. The second kappa shape index (κ2) is 29.4. The molecule has 296 valence electrons. The normalized spacial score (nSPS) is 29.9. The van der Waals surface area contributed by atoms with Crippen molar-refractivity contribution in [3.05, 3.63) is 23.8 Å².